The molecule has 4 amide bonds. The largest absolute Gasteiger partial charge is 0.480 e. The summed E-state index contributed by atoms with van der Waals surface area (Å²) in [5.74, 6) is -4.63. The van der Waals surface area contributed by atoms with Crippen molar-refractivity contribution in [2.45, 2.75) is 49.9 Å². The fraction of sp³-hybridized carbons (Fsp3) is 0.417. The van der Waals surface area contributed by atoms with E-state index < -0.39 is 59.7 Å². The van der Waals surface area contributed by atoms with Crippen molar-refractivity contribution >= 4 is 46.9 Å². The highest BCUT2D eigenvalue weighted by Crippen LogP contribution is 2.23. The molecular formula is C24H26N4O9S. The first-order valence-corrected chi connectivity index (χ1v) is 12.8. The van der Waals surface area contributed by atoms with Crippen LogP contribution in [0.1, 0.15) is 45.9 Å². The Bertz CT molecular complexity index is 1200. The number of nitrogens with zero attached hydrogens (tertiary/aromatic N) is 2. The molecule has 4 atom stereocenters. The standard InChI is InChI=1S/C24H26N4O9S/c29-18(27-8-7-14(20(27)24(35)36)26-22(32)17-4-2-10-38-17)5-6-19(30)28-12-13(11-15(28)23(33)34)25-21(31)16-3-1-9-37-16/h1-4,9-10,13-15,20H,5-8,11-12H2,(H,25,31)(H,26,32)(H,33,34)(H,35,36). The molecule has 4 N–H and O–H groups in total. The third-order valence-electron chi connectivity index (χ3n) is 6.57. The van der Waals surface area contributed by atoms with Crippen LogP contribution in [-0.4, -0.2) is 92.8 Å². The first-order chi connectivity index (χ1) is 18.2. The number of carbonyl (C=O) groups excluding carboxylic acids is 4. The van der Waals surface area contributed by atoms with Gasteiger partial charge in [0.25, 0.3) is 11.8 Å². The smallest absolute Gasteiger partial charge is 0.328 e. The highest BCUT2D eigenvalue weighted by molar-refractivity contribution is 7.12. The molecular weight excluding hydrogens is 520 g/mol. The number of carbonyl (C=O) groups is 6. The van der Waals surface area contributed by atoms with Crippen LogP contribution in [0.25, 0.3) is 0 Å². The van der Waals surface area contributed by atoms with E-state index in [4.69, 9.17) is 4.42 Å². The Balaban J connectivity index is 1.33. The molecule has 4 rings (SSSR count). The van der Waals surface area contributed by atoms with E-state index in [2.05, 4.69) is 10.6 Å². The number of rotatable bonds is 9. The molecule has 38 heavy (non-hydrogen) atoms. The van der Waals surface area contributed by atoms with Crippen molar-refractivity contribution in [2.24, 2.45) is 0 Å². The predicted molar refractivity (Wildman–Crippen MR) is 130 cm³/mol. The fourth-order valence-electron chi connectivity index (χ4n) is 4.79. The van der Waals surface area contributed by atoms with E-state index in [9.17, 15) is 39.0 Å². The van der Waals surface area contributed by atoms with Gasteiger partial charge in [0.1, 0.15) is 12.1 Å². The molecule has 0 aromatic carbocycles. The molecule has 13 nitrogen and oxygen atoms in total. The van der Waals surface area contributed by atoms with E-state index in [0.717, 1.165) is 9.80 Å². The summed E-state index contributed by atoms with van der Waals surface area (Å²) in [6, 6.07) is 2.39. The van der Waals surface area contributed by atoms with Gasteiger partial charge < -0.3 is 35.1 Å². The summed E-state index contributed by atoms with van der Waals surface area (Å²) in [5, 5.41) is 26.4. The van der Waals surface area contributed by atoms with Crippen molar-refractivity contribution in [3.63, 3.8) is 0 Å². The number of furan rings is 1. The van der Waals surface area contributed by atoms with E-state index in [1.165, 1.54) is 29.7 Å². The monoisotopic (exact) mass is 546 g/mol. The van der Waals surface area contributed by atoms with Gasteiger partial charge in [-0.05, 0) is 30.0 Å². The molecule has 2 aromatic heterocycles. The van der Waals surface area contributed by atoms with E-state index in [-0.39, 0.29) is 44.5 Å². The van der Waals surface area contributed by atoms with Crippen LogP contribution in [0.15, 0.2) is 40.3 Å². The van der Waals surface area contributed by atoms with Crippen molar-refractivity contribution < 1.29 is 43.4 Å². The van der Waals surface area contributed by atoms with Gasteiger partial charge in [0, 0.05) is 38.4 Å². The molecule has 2 aliphatic rings. The van der Waals surface area contributed by atoms with Crippen LogP contribution in [0.4, 0.5) is 0 Å². The Morgan fingerprint density at radius 1 is 0.947 bits per heavy atom. The first kappa shape index (κ1) is 26.9. The van der Waals surface area contributed by atoms with Gasteiger partial charge in [-0.25, -0.2) is 9.59 Å². The lowest BCUT2D eigenvalue weighted by Crippen LogP contribution is -2.51. The molecule has 0 saturated carbocycles. The second kappa shape index (κ2) is 11.5. The lowest BCUT2D eigenvalue weighted by atomic mass is 10.1. The third-order valence-corrected chi connectivity index (χ3v) is 7.44. The number of hydrogen-bond acceptors (Lipinski definition) is 8. The van der Waals surface area contributed by atoms with Crippen LogP contribution >= 0.6 is 11.3 Å². The van der Waals surface area contributed by atoms with Gasteiger partial charge in [0.2, 0.25) is 11.8 Å². The van der Waals surface area contributed by atoms with Crippen LogP contribution in [0, 0.1) is 0 Å². The van der Waals surface area contributed by atoms with E-state index in [1.807, 2.05) is 0 Å². The summed E-state index contributed by atoms with van der Waals surface area (Å²) in [6.07, 6.45) is 0.876. The number of likely N-dealkylation sites (tertiary alicyclic amines) is 2. The quantitative estimate of drug-likeness (QED) is 0.345. The normalized spacial score (nSPS) is 22.7. The summed E-state index contributed by atoms with van der Waals surface area (Å²) in [4.78, 5) is 76.8. The number of carboxylic acid groups (broad SMARTS) is 2. The van der Waals surface area contributed by atoms with Gasteiger partial charge >= 0.3 is 11.9 Å². The SMILES string of the molecule is O=C(NC1CC(C(=O)O)N(C(=O)CCC(=O)N2CCC(NC(=O)c3cccs3)C2C(=O)O)C1)c1ccco1. The molecule has 2 saturated heterocycles. The zero-order valence-corrected chi connectivity index (χ0v) is 20.9. The molecule has 0 aliphatic carbocycles. The lowest BCUT2D eigenvalue weighted by molar-refractivity contribution is -0.150. The molecule has 2 aliphatic heterocycles. The average molecular weight is 547 g/mol. The summed E-state index contributed by atoms with van der Waals surface area (Å²) in [6.45, 7) is 0.0243. The highest BCUT2D eigenvalue weighted by atomic mass is 32.1. The molecule has 4 heterocycles. The number of nitrogens with one attached hydrogen (secondary N) is 2. The van der Waals surface area contributed by atoms with E-state index in [1.54, 1.807) is 17.5 Å². The second-order valence-corrected chi connectivity index (χ2v) is 9.95. The van der Waals surface area contributed by atoms with Crippen molar-refractivity contribution in [1.82, 2.24) is 20.4 Å². The topological polar surface area (TPSA) is 187 Å². The van der Waals surface area contributed by atoms with Crippen LogP contribution in [-0.2, 0) is 19.2 Å². The molecule has 14 heteroatoms. The molecule has 0 radical (unpaired) electrons. The van der Waals surface area contributed by atoms with Crippen molar-refractivity contribution in [3.05, 3.63) is 46.5 Å². The third kappa shape index (κ3) is 5.85. The number of amides is 4. The Morgan fingerprint density at radius 3 is 2.29 bits per heavy atom. The summed E-state index contributed by atoms with van der Waals surface area (Å²) < 4.78 is 5.03. The molecule has 2 fully saturated rings. The number of hydrogen-bond donors (Lipinski definition) is 4. The number of thiophene rings is 1. The lowest BCUT2D eigenvalue weighted by Gasteiger charge is -2.26. The minimum atomic E-state index is -1.29. The molecule has 4 unspecified atom stereocenters. The van der Waals surface area contributed by atoms with Gasteiger partial charge in [0.05, 0.1) is 17.2 Å². The Labute approximate surface area is 220 Å². The minimum Gasteiger partial charge on any atom is -0.480 e. The van der Waals surface area contributed by atoms with Gasteiger partial charge in [-0.3, -0.25) is 19.2 Å². The van der Waals surface area contributed by atoms with Crippen molar-refractivity contribution in [2.75, 3.05) is 13.1 Å². The Hall–Kier alpha value is -4.20. The van der Waals surface area contributed by atoms with Crippen molar-refractivity contribution in [1.29, 1.82) is 0 Å². The highest BCUT2D eigenvalue weighted by Gasteiger charge is 2.44. The van der Waals surface area contributed by atoms with Crippen LogP contribution in [0.5, 0.6) is 0 Å². The summed E-state index contributed by atoms with van der Waals surface area (Å²) in [5.41, 5.74) is 0. The zero-order valence-electron chi connectivity index (χ0n) is 20.1. The predicted octanol–water partition coefficient (Wildman–Crippen LogP) is 0.389. The Morgan fingerprint density at radius 2 is 1.68 bits per heavy atom. The fourth-order valence-corrected chi connectivity index (χ4v) is 5.42. The van der Waals surface area contributed by atoms with Crippen LogP contribution in [0.2, 0.25) is 0 Å². The zero-order chi connectivity index (χ0) is 27.4. The molecule has 0 bridgehead atoms. The Kier molecular flexibility index (Phi) is 8.10. The molecule has 2 aromatic rings. The van der Waals surface area contributed by atoms with Crippen LogP contribution in [0.3, 0.4) is 0 Å². The number of aliphatic carboxylic acids is 2. The summed E-state index contributed by atoms with van der Waals surface area (Å²) in [7, 11) is 0. The maximum absolute atomic E-state index is 12.9. The summed E-state index contributed by atoms with van der Waals surface area (Å²) >= 11 is 1.21. The first-order valence-electron chi connectivity index (χ1n) is 11.9. The second-order valence-electron chi connectivity index (χ2n) is 9.00. The maximum atomic E-state index is 12.9. The average Bonchev–Trinajstić information content (AvgIpc) is 3.67. The molecule has 0 spiro atoms. The van der Waals surface area contributed by atoms with Gasteiger partial charge in [-0.1, -0.05) is 6.07 Å². The maximum Gasteiger partial charge on any atom is 0.328 e. The van der Waals surface area contributed by atoms with Crippen LogP contribution < -0.4 is 10.6 Å². The van der Waals surface area contributed by atoms with Crippen molar-refractivity contribution in [3.8, 4) is 0 Å². The number of carboxylic acids is 2. The molecule has 202 valence electrons. The van der Waals surface area contributed by atoms with Gasteiger partial charge in [0.15, 0.2) is 5.76 Å². The van der Waals surface area contributed by atoms with Gasteiger partial charge in [-0.2, -0.15) is 0 Å². The van der Waals surface area contributed by atoms with E-state index >= 15 is 0 Å². The minimum absolute atomic E-state index is 0.0136. The van der Waals surface area contributed by atoms with Gasteiger partial charge in [-0.15, -0.1) is 11.3 Å². The van der Waals surface area contributed by atoms with E-state index in [0.29, 0.717) is 4.88 Å².